The normalized spacial score (nSPS) is 18.3. The topological polar surface area (TPSA) is 15.3 Å². The molecule has 19 heavy (non-hydrogen) atoms. The van der Waals surface area contributed by atoms with Crippen molar-refractivity contribution in [1.82, 2.24) is 5.32 Å². The van der Waals surface area contributed by atoms with Gasteiger partial charge >= 0.3 is 0 Å². The standard InChI is InChI=1S/C17H28N2/c1-4-16(18-2)15-12-8-9-13-17(15)19(3)14-10-6-5-7-11-14/h8-9,12-14,16,18H,4-7,10-11H2,1-3H3. The van der Waals surface area contributed by atoms with Crippen LogP contribution in [0.4, 0.5) is 5.69 Å². The van der Waals surface area contributed by atoms with E-state index in [1.165, 1.54) is 43.4 Å². The molecule has 2 nitrogen and oxygen atoms in total. The molecule has 0 bridgehead atoms. The van der Waals surface area contributed by atoms with Crippen LogP contribution in [0.2, 0.25) is 0 Å². The lowest BCUT2D eigenvalue weighted by Crippen LogP contribution is -2.34. The number of nitrogens with zero attached hydrogens (tertiary/aromatic N) is 1. The molecule has 1 aliphatic rings. The van der Waals surface area contributed by atoms with Gasteiger partial charge in [-0.1, -0.05) is 44.4 Å². The van der Waals surface area contributed by atoms with Gasteiger partial charge in [-0.2, -0.15) is 0 Å². The Kier molecular flexibility index (Phi) is 5.26. The molecule has 1 aliphatic carbocycles. The maximum absolute atomic E-state index is 3.44. The molecule has 0 saturated heterocycles. The Morgan fingerprint density at radius 3 is 2.53 bits per heavy atom. The molecule has 1 aromatic rings. The average molecular weight is 260 g/mol. The predicted molar refractivity (Wildman–Crippen MR) is 83.8 cm³/mol. The van der Waals surface area contributed by atoms with Gasteiger partial charge in [-0.3, -0.25) is 0 Å². The van der Waals surface area contributed by atoms with Crippen LogP contribution in [0.15, 0.2) is 24.3 Å². The van der Waals surface area contributed by atoms with Crippen molar-refractivity contribution in [3.05, 3.63) is 29.8 Å². The third kappa shape index (κ3) is 3.30. The van der Waals surface area contributed by atoms with E-state index >= 15 is 0 Å². The SMILES string of the molecule is CCC(NC)c1ccccc1N(C)C1CCCCC1. The van der Waals surface area contributed by atoms with Crippen LogP contribution in [0.1, 0.15) is 57.1 Å². The van der Waals surface area contributed by atoms with Crippen molar-refractivity contribution in [3.63, 3.8) is 0 Å². The summed E-state index contributed by atoms with van der Waals surface area (Å²) < 4.78 is 0. The van der Waals surface area contributed by atoms with E-state index in [0.717, 1.165) is 12.5 Å². The molecular formula is C17H28N2. The lowest BCUT2D eigenvalue weighted by molar-refractivity contribution is 0.426. The first kappa shape index (κ1) is 14.4. The molecule has 1 atom stereocenters. The lowest BCUT2D eigenvalue weighted by atomic mass is 9.93. The van der Waals surface area contributed by atoms with Crippen LogP contribution in [0.25, 0.3) is 0 Å². The summed E-state index contributed by atoms with van der Waals surface area (Å²) in [5.41, 5.74) is 2.86. The summed E-state index contributed by atoms with van der Waals surface area (Å²) in [6.07, 6.45) is 8.02. The number of hydrogen-bond donors (Lipinski definition) is 1. The van der Waals surface area contributed by atoms with Gasteiger partial charge in [0, 0.05) is 24.8 Å². The molecule has 106 valence electrons. The van der Waals surface area contributed by atoms with Crippen molar-refractivity contribution in [1.29, 1.82) is 0 Å². The van der Waals surface area contributed by atoms with Crippen LogP contribution < -0.4 is 10.2 Å². The quantitative estimate of drug-likeness (QED) is 0.856. The minimum Gasteiger partial charge on any atom is -0.371 e. The summed E-state index contributed by atoms with van der Waals surface area (Å²) in [5.74, 6) is 0. The number of benzene rings is 1. The molecule has 0 aliphatic heterocycles. The summed E-state index contributed by atoms with van der Waals surface area (Å²) in [4.78, 5) is 2.52. The number of para-hydroxylation sites is 1. The number of hydrogen-bond acceptors (Lipinski definition) is 2. The highest BCUT2D eigenvalue weighted by Crippen LogP contribution is 2.32. The first-order valence-electron chi connectivity index (χ1n) is 7.77. The molecule has 0 heterocycles. The van der Waals surface area contributed by atoms with Crippen LogP contribution in [0.5, 0.6) is 0 Å². The van der Waals surface area contributed by atoms with Crippen LogP contribution >= 0.6 is 0 Å². The van der Waals surface area contributed by atoms with Gasteiger partial charge in [-0.25, -0.2) is 0 Å². The van der Waals surface area contributed by atoms with Crippen molar-refractivity contribution in [2.24, 2.45) is 0 Å². The second kappa shape index (κ2) is 6.95. The summed E-state index contributed by atoms with van der Waals surface area (Å²) in [6, 6.07) is 10.1. The highest BCUT2D eigenvalue weighted by atomic mass is 15.1. The number of anilines is 1. The highest BCUT2D eigenvalue weighted by Gasteiger charge is 2.21. The van der Waals surface area contributed by atoms with Gasteiger partial charge in [0.1, 0.15) is 0 Å². The van der Waals surface area contributed by atoms with E-state index in [0.29, 0.717) is 6.04 Å². The van der Waals surface area contributed by atoms with E-state index in [1.54, 1.807) is 0 Å². The van der Waals surface area contributed by atoms with E-state index in [-0.39, 0.29) is 0 Å². The molecular weight excluding hydrogens is 232 g/mol. The monoisotopic (exact) mass is 260 g/mol. The highest BCUT2D eigenvalue weighted by molar-refractivity contribution is 5.55. The zero-order valence-corrected chi connectivity index (χ0v) is 12.7. The maximum atomic E-state index is 3.44. The second-order valence-corrected chi connectivity index (χ2v) is 5.71. The Labute approximate surface area is 118 Å². The van der Waals surface area contributed by atoms with Crippen LogP contribution in [0.3, 0.4) is 0 Å². The van der Waals surface area contributed by atoms with Crippen molar-refractivity contribution in [2.45, 2.75) is 57.5 Å². The summed E-state index contributed by atoms with van der Waals surface area (Å²) >= 11 is 0. The fourth-order valence-electron chi connectivity index (χ4n) is 3.35. The molecule has 1 fully saturated rings. The average Bonchev–Trinajstić information content (AvgIpc) is 2.49. The minimum absolute atomic E-state index is 0.460. The Morgan fingerprint density at radius 2 is 1.89 bits per heavy atom. The third-order valence-electron chi connectivity index (χ3n) is 4.57. The van der Waals surface area contributed by atoms with Crippen LogP contribution in [0, 0.1) is 0 Å². The number of rotatable bonds is 5. The predicted octanol–water partition coefficient (Wildman–Crippen LogP) is 4.13. The maximum Gasteiger partial charge on any atom is 0.0414 e. The molecule has 0 amide bonds. The number of nitrogens with one attached hydrogen (secondary N) is 1. The Morgan fingerprint density at radius 1 is 1.21 bits per heavy atom. The molecule has 1 aromatic carbocycles. The van der Waals surface area contributed by atoms with E-state index in [1.807, 2.05) is 0 Å². The van der Waals surface area contributed by atoms with Gasteiger partial charge in [0.15, 0.2) is 0 Å². The molecule has 2 heteroatoms. The van der Waals surface area contributed by atoms with Crippen molar-refractivity contribution < 1.29 is 0 Å². The Balaban J connectivity index is 2.22. The van der Waals surface area contributed by atoms with Gasteiger partial charge in [0.25, 0.3) is 0 Å². The molecule has 0 spiro atoms. The fourth-order valence-corrected chi connectivity index (χ4v) is 3.35. The molecule has 0 radical (unpaired) electrons. The summed E-state index contributed by atoms with van der Waals surface area (Å²) in [7, 11) is 4.34. The fraction of sp³-hybridized carbons (Fsp3) is 0.647. The van der Waals surface area contributed by atoms with E-state index in [4.69, 9.17) is 0 Å². The molecule has 1 saturated carbocycles. The van der Waals surface area contributed by atoms with Gasteiger partial charge < -0.3 is 10.2 Å². The van der Waals surface area contributed by atoms with Crippen LogP contribution in [-0.2, 0) is 0 Å². The minimum atomic E-state index is 0.460. The zero-order chi connectivity index (χ0) is 13.7. The van der Waals surface area contributed by atoms with Gasteiger partial charge in [0.05, 0.1) is 0 Å². The molecule has 1 unspecified atom stereocenters. The van der Waals surface area contributed by atoms with E-state index in [9.17, 15) is 0 Å². The Bertz CT molecular complexity index is 379. The summed E-state index contributed by atoms with van der Waals surface area (Å²) in [5, 5.41) is 3.44. The molecule has 1 N–H and O–H groups in total. The molecule has 2 rings (SSSR count). The second-order valence-electron chi connectivity index (χ2n) is 5.71. The van der Waals surface area contributed by atoms with Crippen molar-refractivity contribution in [2.75, 3.05) is 19.0 Å². The van der Waals surface area contributed by atoms with Gasteiger partial charge in [-0.05, 0) is 37.9 Å². The smallest absolute Gasteiger partial charge is 0.0414 e. The van der Waals surface area contributed by atoms with Crippen molar-refractivity contribution in [3.8, 4) is 0 Å². The lowest BCUT2D eigenvalue weighted by Gasteiger charge is -2.35. The summed E-state index contributed by atoms with van der Waals surface area (Å²) in [6.45, 7) is 2.25. The molecule has 0 aromatic heterocycles. The van der Waals surface area contributed by atoms with Crippen LogP contribution in [-0.4, -0.2) is 20.1 Å². The first-order valence-corrected chi connectivity index (χ1v) is 7.77. The largest absolute Gasteiger partial charge is 0.371 e. The van der Waals surface area contributed by atoms with Gasteiger partial charge in [0.2, 0.25) is 0 Å². The van der Waals surface area contributed by atoms with Crippen molar-refractivity contribution >= 4 is 5.69 Å². The Hall–Kier alpha value is -1.02. The van der Waals surface area contributed by atoms with Gasteiger partial charge in [-0.15, -0.1) is 0 Å². The van der Waals surface area contributed by atoms with E-state index in [2.05, 4.69) is 55.5 Å². The third-order valence-corrected chi connectivity index (χ3v) is 4.57. The van der Waals surface area contributed by atoms with E-state index < -0.39 is 0 Å². The first-order chi connectivity index (χ1) is 9.27. The zero-order valence-electron chi connectivity index (χ0n) is 12.7.